The first-order chi connectivity index (χ1) is 9.54. The molecule has 0 fully saturated rings. The standard InChI is InChI=1S/C15H14BrNO3/c1-17(10-5-3-6-11(9-10)20-2)13-8-4-7-12(16)14(13)15(18)19/h3-9H,1-2H3,(H,18,19). The summed E-state index contributed by atoms with van der Waals surface area (Å²) in [7, 11) is 3.42. The second-order valence-electron chi connectivity index (χ2n) is 4.20. The summed E-state index contributed by atoms with van der Waals surface area (Å²) in [4.78, 5) is 13.2. The van der Waals surface area contributed by atoms with E-state index in [1.165, 1.54) is 0 Å². The van der Waals surface area contributed by atoms with Crippen LogP contribution in [0.25, 0.3) is 0 Å². The molecular formula is C15H14BrNO3. The molecule has 0 atom stereocenters. The van der Waals surface area contributed by atoms with E-state index >= 15 is 0 Å². The molecule has 0 aliphatic rings. The van der Waals surface area contributed by atoms with Crippen molar-refractivity contribution in [3.63, 3.8) is 0 Å². The fraction of sp³-hybridized carbons (Fsp3) is 0.133. The van der Waals surface area contributed by atoms with Gasteiger partial charge in [-0.3, -0.25) is 0 Å². The Bertz CT molecular complexity index is 643. The van der Waals surface area contributed by atoms with Gasteiger partial charge in [0.05, 0.1) is 18.4 Å². The summed E-state index contributed by atoms with van der Waals surface area (Å²) in [6, 6.07) is 12.8. The highest BCUT2D eigenvalue weighted by Crippen LogP contribution is 2.32. The molecule has 0 aromatic heterocycles. The number of rotatable bonds is 4. The largest absolute Gasteiger partial charge is 0.497 e. The first-order valence-electron chi connectivity index (χ1n) is 5.94. The number of carboxylic acids is 1. The molecule has 104 valence electrons. The van der Waals surface area contributed by atoms with Crippen molar-refractivity contribution in [3.8, 4) is 5.75 Å². The third kappa shape index (κ3) is 2.77. The highest BCUT2D eigenvalue weighted by atomic mass is 79.9. The predicted molar refractivity (Wildman–Crippen MR) is 82.2 cm³/mol. The predicted octanol–water partition coefficient (Wildman–Crippen LogP) is 3.92. The minimum atomic E-state index is -0.970. The van der Waals surface area contributed by atoms with Gasteiger partial charge in [-0.25, -0.2) is 4.79 Å². The normalized spacial score (nSPS) is 10.2. The zero-order chi connectivity index (χ0) is 14.7. The average molecular weight is 336 g/mol. The third-order valence-corrected chi connectivity index (χ3v) is 3.67. The quantitative estimate of drug-likeness (QED) is 0.919. The van der Waals surface area contributed by atoms with Crippen molar-refractivity contribution < 1.29 is 14.6 Å². The number of hydrogen-bond acceptors (Lipinski definition) is 3. The van der Waals surface area contributed by atoms with Crippen molar-refractivity contribution in [3.05, 3.63) is 52.5 Å². The van der Waals surface area contributed by atoms with Gasteiger partial charge in [-0.05, 0) is 40.2 Å². The zero-order valence-electron chi connectivity index (χ0n) is 11.1. The van der Waals surface area contributed by atoms with Crippen LogP contribution in [-0.4, -0.2) is 25.2 Å². The molecule has 0 saturated heterocycles. The van der Waals surface area contributed by atoms with Crippen LogP contribution < -0.4 is 9.64 Å². The SMILES string of the molecule is COc1cccc(N(C)c2cccc(Br)c2C(=O)O)c1. The number of carboxylic acid groups (broad SMARTS) is 1. The van der Waals surface area contributed by atoms with Crippen LogP contribution in [0.2, 0.25) is 0 Å². The Morgan fingerprint density at radius 1 is 1.25 bits per heavy atom. The van der Waals surface area contributed by atoms with Gasteiger partial charge in [0.25, 0.3) is 0 Å². The lowest BCUT2D eigenvalue weighted by Gasteiger charge is -2.22. The van der Waals surface area contributed by atoms with Gasteiger partial charge in [0.1, 0.15) is 5.75 Å². The van der Waals surface area contributed by atoms with Gasteiger partial charge in [0.2, 0.25) is 0 Å². The molecule has 0 aliphatic heterocycles. The van der Waals surface area contributed by atoms with E-state index in [2.05, 4.69) is 15.9 Å². The molecular weight excluding hydrogens is 322 g/mol. The molecule has 0 bridgehead atoms. The molecule has 0 unspecified atom stereocenters. The van der Waals surface area contributed by atoms with Crippen molar-refractivity contribution in [1.82, 2.24) is 0 Å². The maximum absolute atomic E-state index is 11.4. The lowest BCUT2D eigenvalue weighted by atomic mass is 10.1. The van der Waals surface area contributed by atoms with Crippen molar-refractivity contribution in [2.45, 2.75) is 0 Å². The second-order valence-corrected chi connectivity index (χ2v) is 5.05. The van der Waals surface area contributed by atoms with Crippen LogP contribution in [0.4, 0.5) is 11.4 Å². The van der Waals surface area contributed by atoms with Crippen LogP contribution in [0.15, 0.2) is 46.9 Å². The fourth-order valence-corrected chi connectivity index (χ4v) is 2.49. The van der Waals surface area contributed by atoms with Crippen LogP contribution in [0.5, 0.6) is 5.75 Å². The Kier molecular flexibility index (Phi) is 4.29. The van der Waals surface area contributed by atoms with Crippen LogP contribution >= 0.6 is 15.9 Å². The Morgan fingerprint density at radius 2 is 1.95 bits per heavy atom. The van der Waals surface area contributed by atoms with E-state index in [0.717, 1.165) is 11.4 Å². The Hall–Kier alpha value is -2.01. The first-order valence-corrected chi connectivity index (χ1v) is 6.73. The van der Waals surface area contributed by atoms with Gasteiger partial charge in [0, 0.05) is 23.3 Å². The van der Waals surface area contributed by atoms with Crippen LogP contribution in [0, 0.1) is 0 Å². The summed E-state index contributed by atoms with van der Waals surface area (Å²) >= 11 is 3.28. The molecule has 0 amide bonds. The molecule has 0 aliphatic carbocycles. The van der Waals surface area contributed by atoms with Crippen molar-refractivity contribution in [2.24, 2.45) is 0 Å². The molecule has 2 aromatic rings. The van der Waals surface area contributed by atoms with Gasteiger partial charge in [-0.15, -0.1) is 0 Å². The number of nitrogens with zero attached hydrogens (tertiary/aromatic N) is 1. The molecule has 0 spiro atoms. The van der Waals surface area contributed by atoms with E-state index in [-0.39, 0.29) is 5.56 Å². The van der Waals surface area contributed by atoms with E-state index in [9.17, 15) is 9.90 Å². The molecule has 4 nitrogen and oxygen atoms in total. The molecule has 0 radical (unpaired) electrons. The minimum Gasteiger partial charge on any atom is -0.497 e. The van der Waals surface area contributed by atoms with E-state index in [4.69, 9.17) is 4.74 Å². The van der Waals surface area contributed by atoms with Gasteiger partial charge in [-0.1, -0.05) is 12.1 Å². The molecule has 2 rings (SSSR count). The topological polar surface area (TPSA) is 49.8 Å². The van der Waals surface area contributed by atoms with E-state index in [0.29, 0.717) is 10.2 Å². The van der Waals surface area contributed by atoms with E-state index in [1.54, 1.807) is 19.2 Å². The maximum Gasteiger partial charge on any atom is 0.338 e. The highest BCUT2D eigenvalue weighted by Gasteiger charge is 2.17. The highest BCUT2D eigenvalue weighted by molar-refractivity contribution is 9.10. The third-order valence-electron chi connectivity index (χ3n) is 3.01. The Balaban J connectivity index is 2.50. The smallest absolute Gasteiger partial charge is 0.338 e. The molecule has 1 N–H and O–H groups in total. The number of halogens is 1. The number of carbonyl (C=O) groups is 1. The van der Waals surface area contributed by atoms with Gasteiger partial charge >= 0.3 is 5.97 Å². The monoisotopic (exact) mass is 335 g/mol. The number of anilines is 2. The van der Waals surface area contributed by atoms with Crippen molar-refractivity contribution >= 4 is 33.3 Å². The fourth-order valence-electron chi connectivity index (χ4n) is 1.96. The van der Waals surface area contributed by atoms with Crippen molar-refractivity contribution in [1.29, 1.82) is 0 Å². The minimum absolute atomic E-state index is 0.234. The van der Waals surface area contributed by atoms with Gasteiger partial charge in [0.15, 0.2) is 0 Å². The molecule has 5 heteroatoms. The summed E-state index contributed by atoms with van der Waals surface area (Å²) in [5.74, 6) is -0.247. The second kappa shape index (κ2) is 5.96. The molecule has 2 aromatic carbocycles. The number of hydrogen-bond donors (Lipinski definition) is 1. The zero-order valence-corrected chi connectivity index (χ0v) is 12.7. The summed E-state index contributed by atoms with van der Waals surface area (Å²) in [5.41, 5.74) is 1.70. The number of methoxy groups -OCH3 is 1. The molecule has 20 heavy (non-hydrogen) atoms. The number of ether oxygens (including phenoxy) is 1. The van der Waals surface area contributed by atoms with Crippen LogP contribution in [0.3, 0.4) is 0 Å². The average Bonchev–Trinajstić information content (AvgIpc) is 2.45. The van der Waals surface area contributed by atoms with Crippen molar-refractivity contribution in [2.75, 3.05) is 19.1 Å². The van der Waals surface area contributed by atoms with Crippen LogP contribution in [-0.2, 0) is 0 Å². The lowest BCUT2D eigenvalue weighted by Crippen LogP contribution is -2.14. The summed E-state index contributed by atoms with van der Waals surface area (Å²) in [5, 5.41) is 9.36. The summed E-state index contributed by atoms with van der Waals surface area (Å²) in [6.45, 7) is 0. The van der Waals surface area contributed by atoms with Gasteiger partial charge < -0.3 is 14.7 Å². The molecule has 0 heterocycles. The number of benzene rings is 2. The maximum atomic E-state index is 11.4. The summed E-state index contributed by atoms with van der Waals surface area (Å²) in [6.07, 6.45) is 0. The lowest BCUT2D eigenvalue weighted by molar-refractivity contribution is 0.0696. The van der Waals surface area contributed by atoms with E-state index < -0.39 is 5.97 Å². The molecule has 0 saturated carbocycles. The van der Waals surface area contributed by atoms with Crippen LogP contribution in [0.1, 0.15) is 10.4 Å². The van der Waals surface area contributed by atoms with Gasteiger partial charge in [-0.2, -0.15) is 0 Å². The van der Waals surface area contributed by atoms with E-state index in [1.807, 2.05) is 42.3 Å². The Labute approximate surface area is 125 Å². The Morgan fingerprint density at radius 3 is 2.60 bits per heavy atom. The number of aromatic carboxylic acids is 1. The first kappa shape index (κ1) is 14.4. The summed E-state index contributed by atoms with van der Waals surface area (Å²) < 4.78 is 5.74.